The maximum absolute atomic E-state index is 13.2. The molecule has 1 aliphatic rings. The Labute approximate surface area is 183 Å². The van der Waals surface area contributed by atoms with E-state index in [9.17, 15) is 4.79 Å². The Morgan fingerprint density at radius 1 is 1.10 bits per heavy atom. The predicted molar refractivity (Wildman–Crippen MR) is 127 cm³/mol. The van der Waals surface area contributed by atoms with Crippen LogP contribution in [0.2, 0.25) is 0 Å². The van der Waals surface area contributed by atoms with Crippen LogP contribution in [0.15, 0.2) is 9.95 Å². The highest BCUT2D eigenvalue weighted by atomic mass is 32.2. The van der Waals surface area contributed by atoms with Crippen LogP contribution in [0.4, 0.5) is 0 Å². The molecule has 5 nitrogen and oxygen atoms in total. The summed E-state index contributed by atoms with van der Waals surface area (Å²) in [5, 5.41) is 1.73. The Morgan fingerprint density at radius 2 is 1.83 bits per heavy atom. The fourth-order valence-electron chi connectivity index (χ4n) is 3.89. The smallest absolute Gasteiger partial charge is 0.263 e. The van der Waals surface area contributed by atoms with Crippen molar-refractivity contribution in [3.05, 3.63) is 20.8 Å². The molecule has 29 heavy (non-hydrogen) atoms. The first-order valence-corrected chi connectivity index (χ1v) is 12.8. The number of unbranched alkanes of at least 4 members (excludes halogenated alkanes) is 1. The highest BCUT2D eigenvalue weighted by Crippen LogP contribution is 2.28. The standard InChI is InChI=1S/C22H36N4OS2/c1-6-7-10-26-21(27)19-17(4)18(5)29-20(19)23-22(26)28-15-8-9-24-11-13-25(14-12-24)16(2)3/h16H,6-15H2,1-5H3. The third kappa shape index (κ3) is 5.43. The van der Waals surface area contributed by atoms with Gasteiger partial charge in [-0.2, -0.15) is 0 Å². The zero-order valence-electron chi connectivity index (χ0n) is 18.7. The average Bonchev–Trinajstić information content (AvgIpc) is 2.99. The monoisotopic (exact) mass is 436 g/mol. The number of thiophene rings is 1. The molecule has 0 radical (unpaired) electrons. The van der Waals surface area contributed by atoms with Gasteiger partial charge in [0.1, 0.15) is 4.83 Å². The van der Waals surface area contributed by atoms with E-state index in [0.29, 0.717) is 6.04 Å². The molecule has 0 aliphatic carbocycles. The van der Waals surface area contributed by atoms with Crippen LogP contribution in [-0.2, 0) is 6.54 Å². The van der Waals surface area contributed by atoms with Crippen LogP contribution >= 0.6 is 23.1 Å². The molecule has 0 aromatic carbocycles. The van der Waals surface area contributed by atoms with E-state index < -0.39 is 0 Å². The lowest BCUT2D eigenvalue weighted by atomic mass is 10.2. The van der Waals surface area contributed by atoms with Crippen LogP contribution in [0.3, 0.4) is 0 Å². The molecule has 3 rings (SSSR count). The van der Waals surface area contributed by atoms with Crippen molar-refractivity contribution in [2.45, 2.75) is 71.6 Å². The summed E-state index contributed by atoms with van der Waals surface area (Å²) in [5.41, 5.74) is 1.25. The van der Waals surface area contributed by atoms with Crippen molar-refractivity contribution in [2.75, 3.05) is 38.5 Å². The first kappa shape index (κ1) is 22.8. The lowest BCUT2D eigenvalue weighted by Crippen LogP contribution is -2.48. The molecule has 0 amide bonds. The number of aryl methyl sites for hydroxylation is 2. The molecule has 0 unspecified atom stereocenters. The number of rotatable bonds is 9. The summed E-state index contributed by atoms with van der Waals surface area (Å²) in [6.07, 6.45) is 3.23. The second kappa shape index (κ2) is 10.4. The van der Waals surface area contributed by atoms with E-state index in [2.05, 4.69) is 37.5 Å². The van der Waals surface area contributed by atoms with Gasteiger partial charge in [-0.05, 0) is 52.6 Å². The number of hydrogen-bond acceptors (Lipinski definition) is 6. The van der Waals surface area contributed by atoms with Gasteiger partial charge in [-0.15, -0.1) is 11.3 Å². The van der Waals surface area contributed by atoms with E-state index in [4.69, 9.17) is 4.98 Å². The van der Waals surface area contributed by atoms with Crippen LogP contribution in [0.25, 0.3) is 10.2 Å². The summed E-state index contributed by atoms with van der Waals surface area (Å²) in [4.78, 5) is 25.3. The Balaban J connectivity index is 1.62. The highest BCUT2D eigenvalue weighted by molar-refractivity contribution is 7.99. The summed E-state index contributed by atoms with van der Waals surface area (Å²) in [6, 6.07) is 0.651. The zero-order chi connectivity index (χ0) is 21.0. The maximum Gasteiger partial charge on any atom is 0.263 e. The summed E-state index contributed by atoms with van der Waals surface area (Å²) in [6.45, 7) is 17.5. The van der Waals surface area contributed by atoms with E-state index >= 15 is 0 Å². The van der Waals surface area contributed by atoms with E-state index in [1.54, 1.807) is 23.1 Å². The van der Waals surface area contributed by atoms with Crippen molar-refractivity contribution in [2.24, 2.45) is 0 Å². The lowest BCUT2D eigenvalue weighted by molar-refractivity contribution is 0.109. The Kier molecular flexibility index (Phi) is 8.19. The highest BCUT2D eigenvalue weighted by Gasteiger charge is 2.19. The van der Waals surface area contributed by atoms with Gasteiger partial charge in [0, 0.05) is 49.4 Å². The largest absolute Gasteiger partial charge is 0.301 e. The Hall–Kier alpha value is -0.890. The quantitative estimate of drug-likeness (QED) is 0.331. The molecule has 0 bridgehead atoms. The zero-order valence-corrected chi connectivity index (χ0v) is 20.3. The van der Waals surface area contributed by atoms with E-state index in [1.165, 1.54) is 31.1 Å². The summed E-state index contributed by atoms with van der Waals surface area (Å²) in [5.74, 6) is 1.01. The fraction of sp³-hybridized carbons (Fsp3) is 0.727. The topological polar surface area (TPSA) is 41.4 Å². The SMILES string of the molecule is CCCCn1c(SCCCN2CCN(C(C)C)CC2)nc2sc(C)c(C)c2c1=O. The number of aromatic nitrogens is 2. The van der Waals surface area contributed by atoms with Gasteiger partial charge in [-0.25, -0.2) is 4.98 Å². The number of fused-ring (bicyclic) bond motifs is 1. The summed E-state index contributed by atoms with van der Waals surface area (Å²) in [7, 11) is 0. The summed E-state index contributed by atoms with van der Waals surface area (Å²) >= 11 is 3.41. The van der Waals surface area contributed by atoms with Gasteiger partial charge in [0.05, 0.1) is 5.39 Å². The number of piperazine rings is 1. The van der Waals surface area contributed by atoms with Gasteiger partial charge in [0.15, 0.2) is 5.16 Å². The minimum Gasteiger partial charge on any atom is -0.301 e. The number of nitrogens with zero attached hydrogens (tertiary/aromatic N) is 4. The molecule has 1 saturated heterocycles. The number of thioether (sulfide) groups is 1. The lowest BCUT2D eigenvalue weighted by Gasteiger charge is -2.36. The third-order valence-electron chi connectivity index (χ3n) is 5.98. The normalized spacial score (nSPS) is 16.3. The number of hydrogen-bond donors (Lipinski definition) is 0. The minimum atomic E-state index is 0.151. The molecule has 0 spiro atoms. The first-order chi connectivity index (χ1) is 13.9. The average molecular weight is 437 g/mol. The predicted octanol–water partition coefficient (Wildman–Crippen LogP) is 4.38. The van der Waals surface area contributed by atoms with Crippen LogP contribution < -0.4 is 5.56 Å². The molecule has 0 atom stereocenters. The second-order valence-electron chi connectivity index (χ2n) is 8.34. The Morgan fingerprint density at radius 3 is 2.48 bits per heavy atom. The van der Waals surface area contributed by atoms with Gasteiger partial charge in [0.25, 0.3) is 5.56 Å². The molecule has 0 saturated carbocycles. The van der Waals surface area contributed by atoms with Crippen molar-refractivity contribution in [3.8, 4) is 0 Å². The van der Waals surface area contributed by atoms with E-state index in [-0.39, 0.29) is 5.56 Å². The van der Waals surface area contributed by atoms with E-state index in [0.717, 1.165) is 59.0 Å². The molecule has 2 aromatic rings. The Bertz CT molecular complexity index is 866. The molecule has 2 aromatic heterocycles. The second-order valence-corrected chi connectivity index (χ2v) is 10.6. The van der Waals surface area contributed by atoms with Gasteiger partial charge in [0.2, 0.25) is 0 Å². The van der Waals surface area contributed by atoms with E-state index in [1.807, 2.05) is 11.5 Å². The molecule has 162 valence electrons. The van der Waals surface area contributed by atoms with Crippen LogP contribution in [0.1, 0.15) is 50.5 Å². The van der Waals surface area contributed by atoms with Crippen molar-refractivity contribution >= 4 is 33.3 Å². The molecule has 0 N–H and O–H groups in total. The molecule has 1 fully saturated rings. The van der Waals surface area contributed by atoms with Crippen LogP contribution in [0.5, 0.6) is 0 Å². The van der Waals surface area contributed by atoms with Gasteiger partial charge in [-0.1, -0.05) is 25.1 Å². The first-order valence-electron chi connectivity index (χ1n) is 11.0. The molecular formula is C22H36N4OS2. The van der Waals surface area contributed by atoms with Gasteiger partial charge < -0.3 is 4.90 Å². The third-order valence-corrected chi connectivity index (χ3v) is 8.14. The van der Waals surface area contributed by atoms with Crippen molar-refractivity contribution < 1.29 is 0 Å². The molecule has 7 heteroatoms. The molecular weight excluding hydrogens is 400 g/mol. The fourth-order valence-corrected chi connectivity index (χ4v) is 5.91. The van der Waals surface area contributed by atoms with Crippen LogP contribution in [0, 0.1) is 13.8 Å². The van der Waals surface area contributed by atoms with Crippen molar-refractivity contribution in [1.82, 2.24) is 19.4 Å². The molecule has 3 heterocycles. The minimum absolute atomic E-state index is 0.151. The maximum atomic E-state index is 13.2. The van der Waals surface area contributed by atoms with Gasteiger partial charge in [-0.3, -0.25) is 14.3 Å². The van der Waals surface area contributed by atoms with Crippen molar-refractivity contribution in [1.29, 1.82) is 0 Å². The molecule has 1 aliphatic heterocycles. The van der Waals surface area contributed by atoms with Crippen LogP contribution in [-0.4, -0.2) is 63.9 Å². The van der Waals surface area contributed by atoms with Gasteiger partial charge >= 0.3 is 0 Å². The summed E-state index contributed by atoms with van der Waals surface area (Å²) < 4.78 is 1.93. The van der Waals surface area contributed by atoms with Crippen molar-refractivity contribution in [3.63, 3.8) is 0 Å².